The lowest BCUT2D eigenvalue weighted by Gasteiger charge is -2.20. The molecule has 0 unspecified atom stereocenters. The largest absolute Gasteiger partial charge is 0.426 e. The van der Waals surface area contributed by atoms with Gasteiger partial charge in [0.15, 0.2) is 11.6 Å². The number of carbonyl (C=O) groups is 4. The van der Waals surface area contributed by atoms with Gasteiger partial charge in [-0.25, -0.2) is 29.5 Å². The topological polar surface area (TPSA) is 250 Å². The van der Waals surface area contributed by atoms with Gasteiger partial charge in [0.05, 0.1) is 46.4 Å². The van der Waals surface area contributed by atoms with E-state index in [1.165, 1.54) is 0 Å². The summed E-state index contributed by atoms with van der Waals surface area (Å²) in [5.74, 6) is -1.71. The Morgan fingerprint density at radius 1 is 0.587 bits per heavy atom. The minimum absolute atomic E-state index is 0.156. The quantitative estimate of drug-likeness (QED) is 0.0560. The molecule has 6 rings (SSSR count). The molecule has 6 aromatic rings. The van der Waals surface area contributed by atoms with Crippen molar-refractivity contribution >= 4 is 79.3 Å². The number of benzene rings is 2. The number of fused-ring (bicyclic) bond motifs is 6. The maximum Gasteiger partial charge on any atom is 0.334 e. The van der Waals surface area contributed by atoms with Gasteiger partial charge in [-0.2, -0.15) is 0 Å². The molecule has 0 atom stereocenters. The molecule has 63 heavy (non-hydrogen) atoms. The summed E-state index contributed by atoms with van der Waals surface area (Å²) >= 11 is 0. The summed E-state index contributed by atoms with van der Waals surface area (Å²) < 4.78 is 35.2. The zero-order chi connectivity index (χ0) is 45.3. The normalized spacial score (nSPS) is 12.1. The van der Waals surface area contributed by atoms with E-state index < -0.39 is 68.2 Å². The number of carbonyl (C=O) groups excluding carboxylic acids is 4. The van der Waals surface area contributed by atoms with Gasteiger partial charge < -0.3 is 58.4 Å². The van der Waals surface area contributed by atoms with Crippen LogP contribution in [0.3, 0.4) is 0 Å². The molecule has 0 saturated carbocycles. The van der Waals surface area contributed by atoms with E-state index in [0.29, 0.717) is 58.0 Å². The van der Waals surface area contributed by atoms with E-state index in [-0.39, 0.29) is 37.9 Å². The van der Waals surface area contributed by atoms with Gasteiger partial charge in [-0.3, -0.25) is 9.59 Å². The van der Waals surface area contributed by atoms with Gasteiger partial charge in [0.2, 0.25) is 6.79 Å². The van der Waals surface area contributed by atoms with Crippen LogP contribution in [0.1, 0.15) is 53.2 Å². The van der Waals surface area contributed by atoms with Gasteiger partial charge in [0, 0.05) is 24.0 Å². The number of aromatic nitrogens is 6. The highest BCUT2D eigenvalue weighted by molar-refractivity contribution is 6.11. The van der Waals surface area contributed by atoms with E-state index in [1.54, 1.807) is 39.8 Å². The molecule has 0 aliphatic carbocycles. The van der Waals surface area contributed by atoms with Gasteiger partial charge in [0.1, 0.15) is 62.3 Å². The molecule has 4 heterocycles. The molecule has 2 amide bonds. The van der Waals surface area contributed by atoms with E-state index in [0.717, 1.165) is 10.8 Å². The first kappa shape index (κ1) is 46.3. The molecule has 0 saturated heterocycles. The third-order valence-corrected chi connectivity index (χ3v) is 9.15. The third kappa shape index (κ3) is 12.1. The van der Waals surface area contributed by atoms with Crippen molar-refractivity contribution in [3.8, 4) is 0 Å². The Bertz CT molecular complexity index is 2430. The van der Waals surface area contributed by atoms with Crippen molar-refractivity contribution in [1.29, 1.82) is 0 Å². The predicted molar refractivity (Wildman–Crippen MR) is 229 cm³/mol. The van der Waals surface area contributed by atoms with Crippen LogP contribution in [0.5, 0.6) is 0 Å². The lowest BCUT2D eigenvalue weighted by Crippen LogP contribution is -2.27. The zero-order valence-electron chi connectivity index (χ0n) is 36.1. The molecule has 0 aliphatic heterocycles. The number of nitrogens with zero attached hydrogens (tertiary/aromatic N) is 6. The Hall–Kier alpha value is -6.16. The van der Waals surface area contributed by atoms with E-state index in [1.807, 2.05) is 59.4 Å². The average molecular weight is 873 g/mol. The molecule has 0 radical (unpaired) electrons. The molecule has 336 valence electrons. The van der Waals surface area contributed by atoms with Gasteiger partial charge in [0.25, 0.3) is 11.8 Å². The molecule has 0 fully saturated rings. The maximum atomic E-state index is 13.0. The number of hydrogen-bond acceptors (Lipinski definition) is 16. The fourth-order valence-electron chi connectivity index (χ4n) is 6.69. The van der Waals surface area contributed by atoms with Gasteiger partial charge >= 0.3 is 11.9 Å². The van der Waals surface area contributed by atoms with Gasteiger partial charge in [-0.05, 0) is 53.7 Å². The SMILES string of the molecule is CCOCc1nc2c(NC(=O)COCC(=O)OCOC(=O)COCC(=O)Nc3nc4ccccc4c4c3nc(COCC)n4CC(C)(C)O)nc3ccccc3c2n1CC(C)(C)O. The number of ether oxygens (including phenoxy) is 6. The second-order valence-corrected chi connectivity index (χ2v) is 15.7. The van der Waals surface area contributed by atoms with Crippen molar-refractivity contribution in [3.05, 3.63) is 60.2 Å². The molecule has 0 aliphatic rings. The van der Waals surface area contributed by atoms with Crippen LogP contribution in [0.2, 0.25) is 0 Å². The van der Waals surface area contributed by atoms with Crippen molar-refractivity contribution in [1.82, 2.24) is 29.1 Å². The highest BCUT2D eigenvalue weighted by Gasteiger charge is 2.26. The van der Waals surface area contributed by atoms with Gasteiger partial charge in [-0.15, -0.1) is 0 Å². The highest BCUT2D eigenvalue weighted by Crippen LogP contribution is 2.33. The molecule has 0 bridgehead atoms. The molecule has 20 nitrogen and oxygen atoms in total. The average Bonchev–Trinajstić information content (AvgIpc) is 3.76. The van der Waals surface area contributed by atoms with Crippen LogP contribution < -0.4 is 10.6 Å². The second-order valence-electron chi connectivity index (χ2n) is 15.7. The fourth-order valence-corrected chi connectivity index (χ4v) is 6.69. The Labute approximate surface area is 361 Å². The Kier molecular flexibility index (Phi) is 15.0. The standard InChI is InChI=1S/C43H52N8O12/c1-7-58-17-30-46-36-38(50(30)23-42(3,4)56)26-13-9-11-15-28(26)44-40(36)48-32(52)19-60-21-34(54)62-25-63-35(55)22-61-20-33(53)49-41-37-39(27-14-10-12-16-29(27)45-41)51(24-43(5,6)57)31(47-37)18-59-8-2/h9-16,56-57H,7-8,17-25H2,1-6H3,(H,44,48,52)(H,45,49,53). The maximum absolute atomic E-state index is 13.0. The summed E-state index contributed by atoms with van der Waals surface area (Å²) in [4.78, 5) is 69.2. The number of nitrogens with one attached hydrogen (secondary N) is 2. The van der Waals surface area contributed by atoms with Crippen molar-refractivity contribution in [2.75, 3.05) is 57.1 Å². The summed E-state index contributed by atoms with van der Waals surface area (Å²) in [5, 5.41) is 28.4. The number of para-hydroxylation sites is 2. The predicted octanol–water partition coefficient (Wildman–Crippen LogP) is 3.75. The highest BCUT2D eigenvalue weighted by atomic mass is 16.7. The third-order valence-electron chi connectivity index (χ3n) is 9.15. The number of aliphatic hydroxyl groups is 2. The van der Waals surface area contributed by atoms with Crippen LogP contribution in [0.4, 0.5) is 11.6 Å². The van der Waals surface area contributed by atoms with Crippen molar-refractivity contribution in [3.63, 3.8) is 0 Å². The summed E-state index contributed by atoms with van der Waals surface area (Å²) in [7, 11) is 0. The van der Waals surface area contributed by atoms with Crippen LogP contribution >= 0.6 is 0 Å². The van der Waals surface area contributed by atoms with E-state index in [4.69, 9.17) is 38.4 Å². The molecule has 4 aromatic heterocycles. The first-order valence-electron chi connectivity index (χ1n) is 20.3. The molecule has 4 N–H and O–H groups in total. The molecule has 20 heteroatoms. The van der Waals surface area contributed by atoms with Crippen LogP contribution in [0.15, 0.2) is 48.5 Å². The second kappa shape index (κ2) is 20.4. The van der Waals surface area contributed by atoms with Gasteiger partial charge in [-0.1, -0.05) is 36.4 Å². The Morgan fingerprint density at radius 3 is 1.37 bits per heavy atom. The molecular weight excluding hydrogens is 821 g/mol. The Balaban J connectivity index is 0.974. The number of hydrogen-bond donors (Lipinski definition) is 4. The number of rotatable bonds is 22. The van der Waals surface area contributed by atoms with E-state index in [9.17, 15) is 29.4 Å². The molecule has 2 aromatic carbocycles. The van der Waals surface area contributed by atoms with Crippen LogP contribution in [-0.2, 0) is 73.9 Å². The number of imidazole rings is 2. The van der Waals surface area contributed by atoms with Crippen LogP contribution in [-0.4, -0.2) is 121 Å². The van der Waals surface area contributed by atoms with Crippen molar-refractivity contribution in [2.24, 2.45) is 0 Å². The van der Waals surface area contributed by atoms with Crippen molar-refractivity contribution in [2.45, 2.75) is 79.0 Å². The lowest BCUT2D eigenvalue weighted by atomic mass is 10.1. The smallest absolute Gasteiger partial charge is 0.334 e. The van der Waals surface area contributed by atoms with E-state index in [2.05, 4.69) is 20.6 Å². The lowest BCUT2D eigenvalue weighted by molar-refractivity contribution is -0.172. The number of esters is 2. The minimum Gasteiger partial charge on any atom is -0.426 e. The summed E-state index contributed by atoms with van der Waals surface area (Å²) in [6.07, 6.45) is 0. The summed E-state index contributed by atoms with van der Waals surface area (Å²) in [6, 6.07) is 14.7. The van der Waals surface area contributed by atoms with E-state index >= 15 is 0 Å². The van der Waals surface area contributed by atoms with Crippen LogP contribution in [0, 0.1) is 0 Å². The first-order valence-corrected chi connectivity index (χ1v) is 20.3. The number of amides is 2. The zero-order valence-corrected chi connectivity index (χ0v) is 36.1. The van der Waals surface area contributed by atoms with Crippen LogP contribution in [0.25, 0.3) is 43.9 Å². The Morgan fingerprint density at radius 2 is 0.984 bits per heavy atom. The first-order chi connectivity index (χ1) is 30.0. The summed E-state index contributed by atoms with van der Waals surface area (Å²) in [5.41, 5.74) is 1.04. The monoisotopic (exact) mass is 872 g/mol. The minimum atomic E-state index is -1.09. The summed E-state index contributed by atoms with van der Waals surface area (Å²) in [6.45, 7) is 8.92. The number of anilines is 2. The fraction of sp³-hybridized carbons (Fsp3) is 0.442. The molecule has 0 spiro atoms. The number of pyridine rings is 2. The van der Waals surface area contributed by atoms with Crippen molar-refractivity contribution < 1.29 is 57.8 Å². The molecular formula is C43H52N8O12.